The van der Waals surface area contributed by atoms with Gasteiger partial charge in [-0.3, -0.25) is 10.1 Å². The van der Waals surface area contributed by atoms with E-state index in [1.54, 1.807) is 6.07 Å². The van der Waals surface area contributed by atoms with Crippen LogP contribution in [0.3, 0.4) is 0 Å². The molecule has 1 aliphatic rings. The molecule has 1 aromatic rings. The van der Waals surface area contributed by atoms with Crippen molar-refractivity contribution in [1.82, 2.24) is 0 Å². The fourth-order valence-electron chi connectivity index (χ4n) is 2.30. The van der Waals surface area contributed by atoms with Gasteiger partial charge in [-0.05, 0) is 31.2 Å². The van der Waals surface area contributed by atoms with Crippen molar-refractivity contribution in [3.63, 3.8) is 0 Å². The Kier molecular flexibility index (Phi) is 3.52. The molecule has 0 aliphatic heterocycles. The van der Waals surface area contributed by atoms with Gasteiger partial charge in [-0.1, -0.05) is 18.5 Å². The average Bonchev–Trinajstić information content (AvgIpc) is 2.67. The number of anilines is 1. The number of hydrogen-bond acceptors (Lipinski definition) is 3. The topological polar surface area (TPSA) is 55.2 Å². The molecule has 2 atom stereocenters. The molecule has 1 fully saturated rings. The van der Waals surface area contributed by atoms with Gasteiger partial charge in [0.05, 0.1) is 15.6 Å². The van der Waals surface area contributed by atoms with Crippen molar-refractivity contribution in [3.8, 4) is 0 Å². The summed E-state index contributed by atoms with van der Waals surface area (Å²) in [6, 6.07) is 4.88. The number of rotatable bonds is 3. The van der Waals surface area contributed by atoms with Crippen LogP contribution in [-0.2, 0) is 0 Å². The van der Waals surface area contributed by atoms with E-state index in [9.17, 15) is 10.1 Å². The fourth-order valence-corrected chi connectivity index (χ4v) is 2.47. The molecule has 0 heterocycles. The third kappa shape index (κ3) is 2.88. The number of benzene rings is 1. The minimum absolute atomic E-state index is 0.0722. The predicted octanol–water partition coefficient (Wildman–Crippen LogP) is 3.85. The maximum Gasteiger partial charge on any atom is 0.271 e. The van der Waals surface area contributed by atoms with Crippen molar-refractivity contribution in [2.24, 2.45) is 5.92 Å². The molecule has 0 radical (unpaired) electrons. The Balaban J connectivity index is 2.14. The second kappa shape index (κ2) is 4.92. The van der Waals surface area contributed by atoms with E-state index in [0.717, 1.165) is 12.8 Å². The number of nitrogens with one attached hydrogen (secondary N) is 1. The smallest absolute Gasteiger partial charge is 0.271 e. The zero-order valence-corrected chi connectivity index (χ0v) is 10.4. The van der Waals surface area contributed by atoms with Crippen molar-refractivity contribution in [2.45, 2.75) is 32.2 Å². The van der Waals surface area contributed by atoms with E-state index in [4.69, 9.17) is 11.6 Å². The van der Waals surface area contributed by atoms with Crippen LogP contribution in [0.15, 0.2) is 18.2 Å². The van der Waals surface area contributed by atoms with Crippen LogP contribution < -0.4 is 5.32 Å². The highest BCUT2D eigenvalue weighted by Gasteiger charge is 2.22. The predicted molar refractivity (Wildman–Crippen MR) is 68.5 cm³/mol. The molecule has 2 rings (SSSR count). The Bertz CT molecular complexity index is 437. The summed E-state index contributed by atoms with van der Waals surface area (Å²) >= 11 is 6.03. The third-order valence-electron chi connectivity index (χ3n) is 3.22. The standard InChI is InChI=1S/C12H15ClN2O2/c1-8-2-3-9(6-8)14-12-7-10(15(16)17)4-5-11(12)13/h4-5,7-9,14H,2-3,6H2,1H3. The Morgan fingerprint density at radius 2 is 2.24 bits per heavy atom. The molecule has 92 valence electrons. The van der Waals surface area contributed by atoms with Crippen molar-refractivity contribution in [3.05, 3.63) is 33.3 Å². The molecule has 5 heteroatoms. The number of non-ortho nitro benzene ring substituents is 1. The highest BCUT2D eigenvalue weighted by Crippen LogP contribution is 2.32. The van der Waals surface area contributed by atoms with Crippen LogP contribution in [0, 0.1) is 16.0 Å². The fraction of sp³-hybridized carbons (Fsp3) is 0.500. The molecule has 2 unspecified atom stereocenters. The van der Waals surface area contributed by atoms with E-state index >= 15 is 0 Å². The molecular formula is C12H15ClN2O2. The van der Waals surface area contributed by atoms with Crippen molar-refractivity contribution in [1.29, 1.82) is 0 Å². The molecule has 4 nitrogen and oxygen atoms in total. The summed E-state index contributed by atoms with van der Waals surface area (Å²) in [5.74, 6) is 0.713. The van der Waals surface area contributed by atoms with Gasteiger partial charge in [0.15, 0.2) is 0 Å². The van der Waals surface area contributed by atoms with Crippen molar-refractivity contribution < 1.29 is 4.92 Å². The minimum Gasteiger partial charge on any atom is -0.381 e. The minimum atomic E-state index is -0.404. The zero-order chi connectivity index (χ0) is 12.4. The first kappa shape index (κ1) is 12.2. The molecule has 0 amide bonds. The van der Waals surface area contributed by atoms with Gasteiger partial charge < -0.3 is 5.32 Å². The molecule has 0 bridgehead atoms. The van der Waals surface area contributed by atoms with E-state index < -0.39 is 4.92 Å². The maximum absolute atomic E-state index is 10.7. The lowest BCUT2D eigenvalue weighted by atomic mass is 10.1. The first-order valence-electron chi connectivity index (χ1n) is 5.76. The zero-order valence-electron chi connectivity index (χ0n) is 9.65. The molecule has 1 aliphatic carbocycles. The van der Waals surface area contributed by atoms with E-state index in [0.29, 0.717) is 22.7 Å². The van der Waals surface area contributed by atoms with Crippen LogP contribution in [0.1, 0.15) is 26.2 Å². The van der Waals surface area contributed by atoms with Gasteiger partial charge in [0.2, 0.25) is 0 Å². The lowest BCUT2D eigenvalue weighted by Gasteiger charge is -2.14. The lowest BCUT2D eigenvalue weighted by molar-refractivity contribution is -0.384. The van der Waals surface area contributed by atoms with Crippen LogP contribution in [0.5, 0.6) is 0 Å². The second-order valence-electron chi connectivity index (χ2n) is 4.68. The highest BCUT2D eigenvalue weighted by atomic mass is 35.5. The quantitative estimate of drug-likeness (QED) is 0.658. The summed E-state index contributed by atoms with van der Waals surface area (Å²) in [7, 11) is 0. The SMILES string of the molecule is CC1CCC(Nc2cc([N+](=O)[O-])ccc2Cl)C1. The summed E-state index contributed by atoms with van der Waals surface area (Å²) in [5, 5.41) is 14.5. The van der Waals surface area contributed by atoms with Gasteiger partial charge in [0.25, 0.3) is 5.69 Å². The molecule has 1 aromatic carbocycles. The Morgan fingerprint density at radius 1 is 1.47 bits per heavy atom. The van der Waals surface area contributed by atoms with Crippen LogP contribution >= 0.6 is 11.6 Å². The van der Waals surface area contributed by atoms with Crippen LogP contribution in [0.4, 0.5) is 11.4 Å². The van der Waals surface area contributed by atoms with E-state index in [-0.39, 0.29) is 5.69 Å². The molecule has 0 spiro atoms. The number of nitro groups is 1. The Labute approximate surface area is 105 Å². The highest BCUT2D eigenvalue weighted by molar-refractivity contribution is 6.33. The summed E-state index contributed by atoms with van der Waals surface area (Å²) in [6.45, 7) is 2.22. The monoisotopic (exact) mass is 254 g/mol. The first-order valence-corrected chi connectivity index (χ1v) is 6.14. The van der Waals surface area contributed by atoms with Gasteiger partial charge in [0.1, 0.15) is 0 Å². The van der Waals surface area contributed by atoms with Gasteiger partial charge in [0, 0.05) is 18.2 Å². The molecule has 1 saturated carbocycles. The van der Waals surface area contributed by atoms with Crippen LogP contribution in [0.25, 0.3) is 0 Å². The first-order chi connectivity index (χ1) is 8.06. The van der Waals surface area contributed by atoms with Gasteiger partial charge in [-0.2, -0.15) is 0 Å². The van der Waals surface area contributed by atoms with Gasteiger partial charge in [-0.15, -0.1) is 0 Å². The largest absolute Gasteiger partial charge is 0.381 e. The number of nitro benzene ring substituents is 1. The van der Waals surface area contributed by atoms with E-state index in [1.807, 2.05) is 0 Å². The number of hydrogen-bond donors (Lipinski definition) is 1. The van der Waals surface area contributed by atoms with Gasteiger partial charge in [-0.25, -0.2) is 0 Å². The summed E-state index contributed by atoms with van der Waals surface area (Å²) in [5.41, 5.74) is 0.739. The Hall–Kier alpha value is -1.29. The summed E-state index contributed by atoms with van der Waals surface area (Å²) in [6.07, 6.45) is 3.39. The Morgan fingerprint density at radius 3 is 2.82 bits per heavy atom. The maximum atomic E-state index is 10.7. The third-order valence-corrected chi connectivity index (χ3v) is 3.54. The molecule has 0 aromatic heterocycles. The molecule has 0 saturated heterocycles. The summed E-state index contributed by atoms with van der Waals surface area (Å²) in [4.78, 5) is 10.3. The summed E-state index contributed by atoms with van der Waals surface area (Å²) < 4.78 is 0. The number of nitrogens with zero attached hydrogens (tertiary/aromatic N) is 1. The van der Waals surface area contributed by atoms with Crippen molar-refractivity contribution >= 4 is 23.0 Å². The van der Waals surface area contributed by atoms with Crippen LogP contribution in [0.2, 0.25) is 5.02 Å². The molecular weight excluding hydrogens is 240 g/mol. The van der Waals surface area contributed by atoms with Crippen LogP contribution in [-0.4, -0.2) is 11.0 Å². The molecule has 1 N–H and O–H groups in total. The van der Waals surface area contributed by atoms with Gasteiger partial charge >= 0.3 is 0 Å². The van der Waals surface area contributed by atoms with E-state index in [1.165, 1.54) is 18.6 Å². The van der Waals surface area contributed by atoms with Crippen molar-refractivity contribution in [2.75, 3.05) is 5.32 Å². The second-order valence-corrected chi connectivity index (χ2v) is 5.09. The average molecular weight is 255 g/mol. The number of halogens is 1. The van der Waals surface area contributed by atoms with E-state index in [2.05, 4.69) is 12.2 Å². The lowest BCUT2D eigenvalue weighted by Crippen LogP contribution is -2.15. The normalized spacial score (nSPS) is 23.6. The molecule has 17 heavy (non-hydrogen) atoms.